The zero-order valence-corrected chi connectivity index (χ0v) is 23.8. The molecule has 0 saturated carbocycles. The molecule has 5 heteroatoms. The van der Waals surface area contributed by atoms with Crippen molar-refractivity contribution in [1.29, 1.82) is 0 Å². The summed E-state index contributed by atoms with van der Waals surface area (Å²) in [6.45, 7) is 13.1. The Hall–Kier alpha value is 1.48. The Morgan fingerprint density at radius 1 is 0.826 bits per heavy atom. The summed E-state index contributed by atoms with van der Waals surface area (Å²) >= 11 is -3.64. The first-order valence-corrected chi connectivity index (χ1v) is 18.2. The van der Waals surface area contributed by atoms with Crippen LogP contribution >= 0.6 is 0 Å². The maximum absolute atomic E-state index is 6.21. The predicted molar refractivity (Wildman–Crippen MR) is 106 cm³/mol. The molecule has 0 spiro atoms. The van der Waals surface area contributed by atoms with E-state index in [1.54, 1.807) is 0 Å². The van der Waals surface area contributed by atoms with Crippen LogP contribution in [0.3, 0.4) is 0 Å². The number of unbranched alkanes of at least 4 members (excludes halogenated alkanes) is 5. The Balaban J connectivity index is 3.79. The molecule has 1 unspecified atom stereocenters. The van der Waals surface area contributed by atoms with Crippen LogP contribution in [0.5, 0.6) is 0 Å². The van der Waals surface area contributed by atoms with Gasteiger partial charge in [-0.05, 0) is 0 Å². The molecule has 0 aromatic carbocycles. The van der Waals surface area contributed by atoms with Crippen molar-refractivity contribution < 1.29 is 7.56 Å². The summed E-state index contributed by atoms with van der Waals surface area (Å²) in [6.07, 6.45) is 10.5. The van der Waals surface area contributed by atoms with E-state index in [1.165, 1.54) is 43.0 Å². The predicted octanol–water partition coefficient (Wildman–Crippen LogP) is 4.71. The quantitative estimate of drug-likeness (QED) is 0.196. The fraction of sp³-hybridized carbons (Fsp3) is 1.00. The second-order valence-electron chi connectivity index (χ2n) is 7.41. The van der Waals surface area contributed by atoms with Gasteiger partial charge in [-0.1, -0.05) is 0 Å². The Labute approximate surface area is 164 Å². The van der Waals surface area contributed by atoms with E-state index in [-0.39, 0.29) is 0 Å². The molecule has 0 heterocycles. The van der Waals surface area contributed by atoms with Crippen LogP contribution in [0.25, 0.3) is 0 Å². The fourth-order valence-corrected chi connectivity index (χ4v) is 17.7. The summed E-state index contributed by atoms with van der Waals surface area (Å²) in [4.78, 5) is 0. The first-order chi connectivity index (χ1) is 11.1. The maximum atomic E-state index is 6.21. The van der Waals surface area contributed by atoms with Gasteiger partial charge in [0.25, 0.3) is 0 Å². The summed E-state index contributed by atoms with van der Waals surface area (Å²) < 4.78 is 19.4. The van der Waals surface area contributed by atoms with Crippen molar-refractivity contribution in [2.24, 2.45) is 11.8 Å². The molecule has 0 bridgehead atoms. The van der Waals surface area contributed by atoms with Crippen LogP contribution in [0, 0.1) is 11.8 Å². The van der Waals surface area contributed by atoms with E-state index in [0.29, 0.717) is 0 Å². The van der Waals surface area contributed by atoms with Crippen LogP contribution < -0.4 is 0 Å². The molecule has 0 aromatic heterocycles. The molecule has 0 fully saturated rings. The van der Waals surface area contributed by atoms with Crippen molar-refractivity contribution in [2.75, 3.05) is 13.2 Å². The molecule has 140 valence electrons. The van der Waals surface area contributed by atoms with Gasteiger partial charge in [-0.3, -0.25) is 0 Å². The van der Waals surface area contributed by atoms with Gasteiger partial charge in [-0.15, -0.1) is 0 Å². The van der Waals surface area contributed by atoms with Gasteiger partial charge in [0.05, 0.1) is 0 Å². The third-order valence-electron chi connectivity index (χ3n) is 3.97. The topological polar surface area (TPSA) is 27.7 Å². The van der Waals surface area contributed by atoms with Crippen LogP contribution in [0.2, 0.25) is 4.44 Å². The average molecular weight is 544 g/mol. The van der Waals surface area contributed by atoms with Gasteiger partial charge < -0.3 is 0 Å². The summed E-state index contributed by atoms with van der Waals surface area (Å²) in [5.41, 5.74) is 0. The Kier molecular flexibility index (Phi) is 19.4. The van der Waals surface area contributed by atoms with Gasteiger partial charge in [-0.2, -0.15) is 0 Å². The Morgan fingerprint density at radius 2 is 1.43 bits per heavy atom. The van der Waals surface area contributed by atoms with E-state index in [9.17, 15) is 0 Å². The molecule has 0 N–H and O–H groups in total. The minimum absolute atomic E-state index is 0.724. The fourth-order valence-electron chi connectivity index (χ4n) is 2.24. The normalized spacial score (nSPS) is 13.7. The van der Waals surface area contributed by atoms with Crippen molar-refractivity contribution in [2.45, 2.75) is 90.4 Å². The summed E-state index contributed by atoms with van der Waals surface area (Å²) in [6, 6.07) is 0. The van der Waals surface area contributed by atoms with Crippen LogP contribution in [0.1, 0.15) is 86.0 Å². The van der Waals surface area contributed by atoms with Gasteiger partial charge >= 0.3 is 166 Å². The van der Waals surface area contributed by atoms with E-state index >= 15 is 0 Å². The number of hydrogen-bond donors (Lipinski definition) is 0. The molecule has 1 atom stereocenters. The molecule has 0 aromatic rings. The van der Waals surface area contributed by atoms with Crippen molar-refractivity contribution in [3.8, 4) is 0 Å². The first kappa shape index (κ1) is 24.5. The minimum atomic E-state index is -2.19. The summed E-state index contributed by atoms with van der Waals surface area (Å²) in [5.74, 6) is 1.45. The molecular weight excluding hydrogens is 502 g/mol. The van der Waals surface area contributed by atoms with Crippen molar-refractivity contribution in [3.63, 3.8) is 0 Å². The molecule has 0 aliphatic rings. The second kappa shape index (κ2) is 18.3. The van der Waals surface area contributed by atoms with Crippen LogP contribution in [0.4, 0.5) is 0 Å². The second-order valence-corrected chi connectivity index (χ2v) is 21.6. The van der Waals surface area contributed by atoms with Gasteiger partial charge in [-0.25, -0.2) is 0 Å². The van der Waals surface area contributed by atoms with Gasteiger partial charge in [0.2, 0.25) is 0 Å². The third-order valence-corrected chi connectivity index (χ3v) is 20.7. The van der Waals surface area contributed by atoms with Gasteiger partial charge in [0.1, 0.15) is 0 Å². The molecule has 0 rings (SSSR count). The van der Waals surface area contributed by atoms with E-state index in [1.807, 2.05) is 0 Å². The standard InChI is InChI=1S/C8H17.2C5H11O.O.2Sn.3H/c1-3-5-7-8-6-4-2;2*1-5(2)3-4-6;;;;;;/h1,3-8H2,2H3;2*5H,3-4H2,1-2H3;;;;;;/q;2*-1;;2*+1;;;. The van der Waals surface area contributed by atoms with Crippen molar-refractivity contribution >= 4 is 42.6 Å². The first-order valence-electron chi connectivity index (χ1n) is 9.87. The number of hydrogen-bond acceptors (Lipinski definition) is 3. The zero-order valence-electron chi connectivity index (χ0n) is 16.4. The number of rotatable bonds is 17. The van der Waals surface area contributed by atoms with E-state index in [2.05, 4.69) is 34.6 Å². The molecule has 0 amide bonds. The van der Waals surface area contributed by atoms with Gasteiger partial charge in [0, 0.05) is 0 Å². The average Bonchev–Trinajstić information content (AvgIpc) is 2.49. The van der Waals surface area contributed by atoms with Crippen molar-refractivity contribution in [3.05, 3.63) is 0 Å². The van der Waals surface area contributed by atoms with Gasteiger partial charge in [0.15, 0.2) is 0 Å². The Morgan fingerprint density at radius 3 is 2.09 bits per heavy atom. The van der Waals surface area contributed by atoms with E-state index in [4.69, 9.17) is 7.56 Å². The summed E-state index contributed by atoms with van der Waals surface area (Å²) in [5, 5.41) is 0. The van der Waals surface area contributed by atoms with Crippen LogP contribution in [0.15, 0.2) is 0 Å². The van der Waals surface area contributed by atoms with E-state index in [0.717, 1.165) is 37.9 Å². The molecule has 23 heavy (non-hydrogen) atoms. The molecule has 0 aliphatic heterocycles. The molecule has 0 saturated heterocycles. The van der Waals surface area contributed by atoms with E-state index < -0.39 is 42.6 Å². The van der Waals surface area contributed by atoms with Crippen LogP contribution in [-0.4, -0.2) is 55.8 Å². The zero-order chi connectivity index (χ0) is 17.3. The molecular formula is C18H42O3Sn2. The third kappa shape index (κ3) is 19.6. The SMILES string of the molecule is CCCCCCC[CH2][SnH]([O]CCC(C)C)[O][SnH2][O]CCC(C)C. The monoisotopic (exact) mass is 546 g/mol. The summed E-state index contributed by atoms with van der Waals surface area (Å²) in [7, 11) is 0. The molecule has 0 radical (unpaired) electrons. The van der Waals surface area contributed by atoms with Crippen LogP contribution in [-0.2, 0) is 7.56 Å². The van der Waals surface area contributed by atoms with Crippen molar-refractivity contribution in [1.82, 2.24) is 0 Å². The Bertz CT molecular complexity index is 238. The molecule has 3 nitrogen and oxygen atoms in total. The molecule has 0 aliphatic carbocycles.